The van der Waals surface area contributed by atoms with Gasteiger partial charge in [0.2, 0.25) is 0 Å². The van der Waals surface area contributed by atoms with E-state index >= 15 is 0 Å². The van der Waals surface area contributed by atoms with Crippen LogP contribution in [0.5, 0.6) is 0 Å². The van der Waals surface area contributed by atoms with Crippen molar-refractivity contribution in [1.82, 2.24) is 9.80 Å². The number of benzene rings is 1. The van der Waals surface area contributed by atoms with Crippen LogP contribution in [0.1, 0.15) is 27.9 Å². The Labute approximate surface area is 117 Å². The van der Waals surface area contributed by atoms with E-state index in [0.29, 0.717) is 5.56 Å². The molecular weight excluding hydrogens is 256 g/mol. The standard InChI is InChI=1S/C15H16N2O3/c1-16-9-14(19)17(15(16)20)8-13(18)12-6-5-10-3-2-4-11(10)7-12/h5-7H,2-4,8-9H2,1H3. The Balaban J connectivity index is 1.77. The van der Waals surface area contributed by atoms with Crippen LogP contribution in [0.15, 0.2) is 18.2 Å². The summed E-state index contributed by atoms with van der Waals surface area (Å²) in [5.41, 5.74) is 3.10. The smallest absolute Gasteiger partial charge is 0.318 e. The third-order valence-electron chi connectivity index (χ3n) is 3.95. The van der Waals surface area contributed by atoms with E-state index < -0.39 is 6.03 Å². The number of likely N-dealkylation sites (N-methyl/N-ethyl adjacent to an activating group) is 1. The Bertz CT molecular complexity index is 609. The first-order valence-electron chi connectivity index (χ1n) is 6.77. The minimum absolute atomic E-state index is 0.0519. The predicted octanol–water partition coefficient (Wildman–Crippen LogP) is 1.25. The molecule has 3 amide bonds. The highest BCUT2D eigenvalue weighted by molar-refractivity contribution is 6.07. The van der Waals surface area contributed by atoms with E-state index in [0.717, 1.165) is 24.2 Å². The third kappa shape index (κ3) is 2.09. The Morgan fingerprint density at radius 2 is 1.95 bits per heavy atom. The molecular formula is C15H16N2O3. The fraction of sp³-hybridized carbons (Fsp3) is 0.400. The SMILES string of the molecule is CN1CC(=O)N(CC(=O)c2ccc3c(c2)CCC3)C1=O. The van der Waals surface area contributed by atoms with Gasteiger partial charge in [0.1, 0.15) is 6.54 Å². The quantitative estimate of drug-likeness (QED) is 0.614. The van der Waals surface area contributed by atoms with Crippen molar-refractivity contribution < 1.29 is 14.4 Å². The van der Waals surface area contributed by atoms with E-state index in [1.165, 1.54) is 16.0 Å². The van der Waals surface area contributed by atoms with Crippen LogP contribution in [0.4, 0.5) is 4.79 Å². The Morgan fingerprint density at radius 1 is 1.20 bits per heavy atom. The summed E-state index contributed by atoms with van der Waals surface area (Å²) in [5.74, 6) is -0.497. The molecule has 2 aliphatic rings. The molecule has 1 heterocycles. The van der Waals surface area contributed by atoms with Crippen molar-refractivity contribution in [3.63, 3.8) is 0 Å². The molecule has 0 atom stereocenters. The maximum atomic E-state index is 12.2. The number of carbonyl (C=O) groups is 3. The minimum atomic E-state index is -0.399. The van der Waals surface area contributed by atoms with Crippen molar-refractivity contribution in [3.8, 4) is 0 Å². The van der Waals surface area contributed by atoms with Gasteiger partial charge >= 0.3 is 6.03 Å². The molecule has 1 aromatic rings. The summed E-state index contributed by atoms with van der Waals surface area (Å²) in [6.45, 7) is -0.114. The van der Waals surface area contributed by atoms with Gasteiger partial charge in [-0.15, -0.1) is 0 Å². The van der Waals surface area contributed by atoms with Crippen LogP contribution >= 0.6 is 0 Å². The highest BCUT2D eigenvalue weighted by atomic mass is 16.2. The fourth-order valence-electron chi connectivity index (χ4n) is 2.80. The average molecular weight is 272 g/mol. The van der Waals surface area contributed by atoms with E-state index in [-0.39, 0.29) is 24.8 Å². The second kappa shape index (κ2) is 4.74. The minimum Gasteiger partial charge on any atom is -0.318 e. The molecule has 20 heavy (non-hydrogen) atoms. The lowest BCUT2D eigenvalue weighted by Gasteiger charge is -2.13. The van der Waals surface area contributed by atoms with Gasteiger partial charge < -0.3 is 4.90 Å². The van der Waals surface area contributed by atoms with Crippen LogP contribution in [0.3, 0.4) is 0 Å². The van der Waals surface area contributed by atoms with Crippen molar-refractivity contribution in [2.75, 3.05) is 20.1 Å². The Morgan fingerprint density at radius 3 is 2.65 bits per heavy atom. The van der Waals surface area contributed by atoms with E-state index in [9.17, 15) is 14.4 Å². The first-order valence-corrected chi connectivity index (χ1v) is 6.77. The number of Topliss-reactive ketones (excluding diaryl/α,β-unsaturated/α-hetero) is 1. The van der Waals surface area contributed by atoms with Crippen molar-refractivity contribution in [3.05, 3.63) is 34.9 Å². The van der Waals surface area contributed by atoms with Gasteiger partial charge in [-0.1, -0.05) is 12.1 Å². The zero-order valence-corrected chi connectivity index (χ0v) is 11.4. The number of carbonyl (C=O) groups excluding carboxylic acids is 3. The highest BCUT2D eigenvalue weighted by Gasteiger charge is 2.34. The molecule has 0 radical (unpaired) electrons. The molecule has 0 saturated carbocycles. The monoisotopic (exact) mass is 272 g/mol. The second-order valence-corrected chi connectivity index (χ2v) is 5.38. The number of aryl methyl sites for hydroxylation is 2. The number of imide groups is 1. The van der Waals surface area contributed by atoms with Gasteiger partial charge in [-0.2, -0.15) is 0 Å². The summed E-state index contributed by atoms with van der Waals surface area (Å²) in [7, 11) is 1.56. The van der Waals surface area contributed by atoms with Crippen LogP contribution in [-0.4, -0.2) is 47.7 Å². The molecule has 1 aromatic carbocycles. The molecule has 5 heteroatoms. The molecule has 5 nitrogen and oxygen atoms in total. The van der Waals surface area contributed by atoms with Crippen LogP contribution < -0.4 is 0 Å². The number of ketones is 1. The Kier molecular flexibility index (Phi) is 3.04. The molecule has 104 valence electrons. The zero-order chi connectivity index (χ0) is 14.3. The maximum absolute atomic E-state index is 12.2. The second-order valence-electron chi connectivity index (χ2n) is 5.38. The third-order valence-corrected chi connectivity index (χ3v) is 3.95. The maximum Gasteiger partial charge on any atom is 0.327 e. The number of urea groups is 1. The average Bonchev–Trinajstić information content (AvgIpc) is 2.98. The first kappa shape index (κ1) is 12.8. The van der Waals surface area contributed by atoms with Crippen LogP contribution in [-0.2, 0) is 17.6 Å². The van der Waals surface area contributed by atoms with E-state index in [4.69, 9.17) is 0 Å². The molecule has 1 fully saturated rings. The van der Waals surface area contributed by atoms with E-state index in [1.54, 1.807) is 13.1 Å². The summed E-state index contributed by atoms with van der Waals surface area (Å²) in [5, 5.41) is 0. The lowest BCUT2D eigenvalue weighted by molar-refractivity contribution is -0.125. The molecule has 1 aliphatic heterocycles. The van der Waals surface area contributed by atoms with Crippen LogP contribution in [0.2, 0.25) is 0 Å². The number of rotatable bonds is 3. The van der Waals surface area contributed by atoms with Gasteiger partial charge in [0.25, 0.3) is 5.91 Å². The van der Waals surface area contributed by atoms with Gasteiger partial charge in [-0.3, -0.25) is 14.5 Å². The molecule has 3 rings (SSSR count). The number of amides is 3. The summed E-state index contributed by atoms with van der Waals surface area (Å²) in [6.07, 6.45) is 3.19. The normalized spacial score (nSPS) is 17.9. The number of hydrogen-bond donors (Lipinski definition) is 0. The van der Waals surface area contributed by atoms with E-state index in [2.05, 4.69) is 0 Å². The lowest BCUT2D eigenvalue weighted by atomic mass is 10.0. The summed E-state index contributed by atoms with van der Waals surface area (Å²) in [6, 6.07) is 5.28. The van der Waals surface area contributed by atoms with Gasteiger partial charge in [-0.05, 0) is 36.5 Å². The van der Waals surface area contributed by atoms with Crippen LogP contribution in [0.25, 0.3) is 0 Å². The largest absolute Gasteiger partial charge is 0.327 e. The van der Waals surface area contributed by atoms with Gasteiger partial charge in [-0.25, -0.2) is 4.79 Å². The van der Waals surface area contributed by atoms with Gasteiger partial charge in [0, 0.05) is 12.6 Å². The Hall–Kier alpha value is -2.17. The fourth-order valence-corrected chi connectivity index (χ4v) is 2.80. The van der Waals surface area contributed by atoms with Crippen molar-refractivity contribution in [2.24, 2.45) is 0 Å². The van der Waals surface area contributed by atoms with E-state index in [1.807, 2.05) is 12.1 Å². The number of nitrogens with zero attached hydrogens (tertiary/aromatic N) is 2. The molecule has 0 bridgehead atoms. The molecule has 0 unspecified atom stereocenters. The molecule has 0 aromatic heterocycles. The predicted molar refractivity (Wildman–Crippen MR) is 72.5 cm³/mol. The molecule has 0 spiro atoms. The lowest BCUT2D eigenvalue weighted by Crippen LogP contribution is -2.36. The zero-order valence-electron chi connectivity index (χ0n) is 11.4. The first-order chi connectivity index (χ1) is 9.56. The number of fused-ring (bicyclic) bond motifs is 1. The van der Waals surface area contributed by atoms with Crippen LogP contribution in [0, 0.1) is 0 Å². The van der Waals surface area contributed by atoms with Gasteiger partial charge in [0.15, 0.2) is 5.78 Å². The van der Waals surface area contributed by atoms with Crippen molar-refractivity contribution in [2.45, 2.75) is 19.3 Å². The van der Waals surface area contributed by atoms with Crippen molar-refractivity contribution >= 4 is 17.7 Å². The summed E-state index contributed by atoms with van der Waals surface area (Å²) in [4.78, 5) is 38.0. The van der Waals surface area contributed by atoms with Crippen molar-refractivity contribution in [1.29, 1.82) is 0 Å². The topological polar surface area (TPSA) is 57.7 Å². The summed E-state index contributed by atoms with van der Waals surface area (Å²) >= 11 is 0. The van der Waals surface area contributed by atoms with Gasteiger partial charge in [0.05, 0.1) is 6.54 Å². The highest BCUT2D eigenvalue weighted by Crippen LogP contribution is 2.23. The summed E-state index contributed by atoms with van der Waals surface area (Å²) < 4.78 is 0. The molecule has 1 saturated heterocycles. The molecule has 1 aliphatic carbocycles. The number of hydrogen-bond acceptors (Lipinski definition) is 3. The molecule has 0 N–H and O–H groups in total.